The lowest BCUT2D eigenvalue weighted by Crippen LogP contribution is -2.00. The van der Waals surface area contributed by atoms with Gasteiger partial charge in [0.1, 0.15) is 0 Å². The Morgan fingerprint density at radius 3 is 2.22 bits per heavy atom. The average molecular weight is 156 g/mol. The van der Waals surface area contributed by atoms with Gasteiger partial charge in [0.2, 0.25) is 0 Å². The molecule has 0 rings (SSSR count). The molecule has 0 aliphatic carbocycles. The minimum atomic E-state index is -4.16. The standard InChI is InChI=1S/C5H7F3S/c6-5(7,8)3-1-2-4-9/h1,3,9H,2,4H2. The van der Waals surface area contributed by atoms with Crippen LogP contribution in [-0.4, -0.2) is 11.9 Å². The first kappa shape index (κ1) is 8.88. The predicted molar refractivity (Wildman–Crippen MR) is 33.7 cm³/mol. The molecule has 0 saturated heterocycles. The van der Waals surface area contributed by atoms with Crippen molar-refractivity contribution in [3.05, 3.63) is 12.2 Å². The first-order valence-electron chi connectivity index (χ1n) is 2.41. The molecule has 9 heavy (non-hydrogen) atoms. The molecule has 0 bridgehead atoms. The van der Waals surface area contributed by atoms with Crippen LogP contribution in [0.4, 0.5) is 13.2 Å². The van der Waals surface area contributed by atoms with Gasteiger partial charge in [-0.05, 0) is 12.2 Å². The van der Waals surface area contributed by atoms with Crippen molar-refractivity contribution in [1.29, 1.82) is 0 Å². The first-order chi connectivity index (χ1) is 4.06. The van der Waals surface area contributed by atoms with Crippen molar-refractivity contribution in [3.8, 4) is 0 Å². The summed E-state index contributed by atoms with van der Waals surface area (Å²) in [6, 6.07) is 0. The van der Waals surface area contributed by atoms with Crippen molar-refractivity contribution in [1.82, 2.24) is 0 Å². The van der Waals surface area contributed by atoms with Gasteiger partial charge >= 0.3 is 6.18 Å². The zero-order chi connectivity index (χ0) is 7.33. The molecule has 0 aromatic carbocycles. The third-order valence-electron chi connectivity index (χ3n) is 0.603. The van der Waals surface area contributed by atoms with Gasteiger partial charge in [-0.15, -0.1) is 0 Å². The summed E-state index contributed by atoms with van der Waals surface area (Å²) in [5.74, 6) is 0.451. The number of halogens is 3. The predicted octanol–water partition coefficient (Wildman–Crippen LogP) is 2.42. The molecule has 0 aromatic rings. The van der Waals surface area contributed by atoms with E-state index in [9.17, 15) is 13.2 Å². The highest BCUT2D eigenvalue weighted by Crippen LogP contribution is 2.15. The zero-order valence-corrected chi connectivity index (χ0v) is 5.54. The SMILES string of the molecule is FC(F)(F)C=CCCS. The van der Waals surface area contributed by atoms with Crippen molar-refractivity contribution in [2.24, 2.45) is 0 Å². The smallest absolute Gasteiger partial charge is 0.179 e. The Kier molecular flexibility index (Phi) is 3.77. The topological polar surface area (TPSA) is 0 Å². The van der Waals surface area contributed by atoms with Crippen LogP contribution >= 0.6 is 12.6 Å². The zero-order valence-electron chi connectivity index (χ0n) is 4.65. The van der Waals surface area contributed by atoms with E-state index in [-0.39, 0.29) is 6.08 Å². The maximum Gasteiger partial charge on any atom is 0.409 e. The lowest BCUT2D eigenvalue weighted by Gasteiger charge is -1.95. The molecule has 0 amide bonds. The van der Waals surface area contributed by atoms with Crippen LogP contribution in [0.25, 0.3) is 0 Å². The van der Waals surface area contributed by atoms with Crippen LogP contribution < -0.4 is 0 Å². The summed E-state index contributed by atoms with van der Waals surface area (Å²) < 4.78 is 33.8. The molecular formula is C5H7F3S. The van der Waals surface area contributed by atoms with Crippen molar-refractivity contribution in [2.45, 2.75) is 12.6 Å². The second-order valence-electron chi connectivity index (χ2n) is 1.46. The van der Waals surface area contributed by atoms with Crippen molar-refractivity contribution in [2.75, 3.05) is 5.75 Å². The fraction of sp³-hybridized carbons (Fsp3) is 0.600. The Bertz CT molecular complexity index is 94.9. The highest BCUT2D eigenvalue weighted by atomic mass is 32.1. The fourth-order valence-electron chi connectivity index (χ4n) is 0.291. The number of thiol groups is 1. The Balaban J connectivity index is 3.45. The molecule has 0 N–H and O–H groups in total. The Hall–Kier alpha value is -0.120. The number of hydrogen-bond donors (Lipinski definition) is 1. The first-order valence-corrected chi connectivity index (χ1v) is 3.05. The van der Waals surface area contributed by atoms with E-state index in [2.05, 4.69) is 12.6 Å². The maximum absolute atomic E-state index is 11.3. The summed E-state index contributed by atoms with van der Waals surface area (Å²) in [6.45, 7) is 0. The molecule has 0 nitrogen and oxygen atoms in total. The molecule has 0 spiro atoms. The molecule has 0 atom stereocenters. The highest BCUT2D eigenvalue weighted by Gasteiger charge is 2.21. The van der Waals surface area contributed by atoms with Crippen LogP contribution in [0.2, 0.25) is 0 Å². The summed E-state index contributed by atoms with van der Waals surface area (Å²) >= 11 is 3.73. The summed E-state index contributed by atoms with van der Waals surface area (Å²) in [4.78, 5) is 0. The average Bonchev–Trinajstić information content (AvgIpc) is 1.63. The molecule has 0 unspecified atom stereocenters. The second kappa shape index (κ2) is 3.82. The maximum atomic E-state index is 11.3. The number of allylic oxidation sites excluding steroid dienone is 2. The van der Waals surface area contributed by atoms with Gasteiger partial charge < -0.3 is 0 Å². The van der Waals surface area contributed by atoms with Crippen molar-refractivity contribution < 1.29 is 13.2 Å². The molecule has 0 aliphatic heterocycles. The van der Waals surface area contributed by atoms with Gasteiger partial charge in [-0.25, -0.2) is 0 Å². The van der Waals surface area contributed by atoms with Crippen LogP contribution in [0.1, 0.15) is 6.42 Å². The Morgan fingerprint density at radius 2 is 1.89 bits per heavy atom. The Labute approximate surface area is 57.2 Å². The molecular weight excluding hydrogens is 149 g/mol. The van der Waals surface area contributed by atoms with Gasteiger partial charge in [0, 0.05) is 6.08 Å². The van der Waals surface area contributed by atoms with Crippen LogP contribution in [0.15, 0.2) is 12.2 Å². The third-order valence-corrected chi connectivity index (χ3v) is 0.861. The molecule has 4 heteroatoms. The minimum absolute atomic E-state index is 0.225. The van der Waals surface area contributed by atoms with E-state index in [1.165, 1.54) is 0 Å². The summed E-state index contributed by atoms with van der Waals surface area (Å²) in [6.07, 6.45) is -2.51. The number of alkyl halides is 3. The van der Waals surface area contributed by atoms with Crippen LogP contribution in [-0.2, 0) is 0 Å². The van der Waals surface area contributed by atoms with E-state index >= 15 is 0 Å². The van der Waals surface area contributed by atoms with E-state index in [4.69, 9.17) is 0 Å². The van der Waals surface area contributed by atoms with Crippen LogP contribution in [0, 0.1) is 0 Å². The van der Waals surface area contributed by atoms with E-state index < -0.39 is 6.18 Å². The molecule has 54 valence electrons. The summed E-state index contributed by atoms with van der Waals surface area (Å²) in [5, 5.41) is 0. The fourth-order valence-corrected chi connectivity index (χ4v) is 0.441. The third kappa shape index (κ3) is 7.88. The Morgan fingerprint density at radius 1 is 1.33 bits per heavy atom. The molecule has 0 aromatic heterocycles. The van der Waals surface area contributed by atoms with Gasteiger partial charge in [0.15, 0.2) is 0 Å². The summed E-state index contributed by atoms with van der Waals surface area (Å²) in [7, 11) is 0. The van der Waals surface area contributed by atoms with Crippen molar-refractivity contribution >= 4 is 12.6 Å². The highest BCUT2D eigenvalue weighted by molar-refractivity contribution is 7.80. The molecule has 0 heterocycles. The van der Waals surface area contributed by atoms with Gasteiger partial charge in [0.05, 0.1) is 0 Å². The quantitative estimate of drug-likeness (QED) is 0.460. The molecule has 0 saturated carbocycles. The van der Waals surface area contributed by atoms with E-state index in [1.807, 2.05) is 0 Å². The van der Waals surface area contributed by atoms with Gasteiger partial charge in [-0.1, -0.05) is 6.08 Å². The van der Waals surface area contributed by atoms with E-state index in [0.717, 1.165) is 6.08 Å². The van der Waals surface area contributed by atoms with E-state index in [1.54, 1.807) is 0 Å². The number of rotatable bonds is 2. The molecule has 0 aliphatic rings. The summed E-state index contributed by atoms with van der Waals surface area (Å²) in [5.41, 5.74) is 0. The van der Waals surface area contributed by atoms with E-state index in [0.29, 0.717) is 12.2 Å². The molecule has 0 radical (unpaired) electrons. The number of hydrogen-bond acceptors (Lipinski definition) is 1. The minimum Gasteiger partial charge on any atom is -0.179 e. The van der Waals surface area contributed by atoms with Gasteiger partial charge in [-0.2, -0.15) is 25.8 Å². The lowest BCUT2D eigenvalue weighted by molar-refractivity contribution is -0.0800. The van der Waals surface area contributed by atoms with Gasteiger partial charge in [-0.3, -0.25) is 0 Å². The molecule has 0 fully saturated rings. The normalized spacial score (nSPS) is 12.9. The lowest BCUT2D eigenvalue weighted by atomic mass is 10.4. The van der Waals surface area contributed by atoms with Gasteiger partial charge in [0.25, 0.3) is 0 Å². The van der Waals surface area contributed by atoms with Crippen LogP contribution in [0.5, 0.6) is 0 Å². The monoisotopic (exact) mass is 156 g/mol. The van der Waals surface area contributed by atoms with Crippen LogP contribution in [0.3, 0.4) is 0 Å². The van der Waals surface area contributed by atoms with Crippen molar-refractivity contribution in [3.63, 3.8) is 0 Å². The largest absolute Gasteiger partial charge is 0.409 e. The second-order valence-corrected chi connectivity index (χ2v) is 1.90.